The zero-order valence-electron chi connectivity index (χ0n) is 15.7. The van der Waals surface area contributed by atoms with Gasteiger partial charge < -0.3 is 15.7 Å². The summed E-state index contributed by atoms with van der Waals surface area (Å²) >= 11 is 0. The Balaban J connectivity index is 2.19. The molecular weight excluding hydrogens is 380 g/mol. The molecule has 0 bridgehead atoms. The summed E-state index contributed by atoms with van der Waals surface area (Å²) < 4.78 is 0. The molecule has 0 radical (unpaired) electrons. The average Bonchev–Trinajstić information content (AvgIpc) is 2.64. The number of aryl methyl sites for hydroxylation is 2. The van der Waals surface area contributed by atoms with Gasteiger partial charge >= 0.3 is 0 Å². The predicted octanol–water partition coefficient (Wildman–Crippen LogP) is 3.69. The van der Waals surface area contributed by atoms with Crippen molar-refractivity contribution >= 4 is 33.8 Å². The van der Waals surface area contributed by atoms with Crippen molar-refractivity contribution in [1.82, 2.24) is 14.9 Å². The summed E-state index contributed by atoms with van der Waals surface area (Å²) in [6.07, 6.45) is 2.88. The summed E-state index contributed by atoms with van der Waals surface area (Å²) in [5.41, 5.74) is 8.61. The first kappa shape index (κ1) is 21.3. The largest absolute Gasteiger partial charge is 0.396 e. The Hall–Kier alpha value is -2.03. The summed E-state index contributed by atoms with van der Waals surface area (Å²) in [5.74, 6) is 0.958. The van der Waals surface area contributed by atoms with E-state index in [1.807, 2.05) is 32.0 Å². The summed E-state index contributed by atoms with van der Waals surface area (Å²) in [6.45, 7) is 5.98. The van der Waals surface area contributed by atoms with E-state index in [2.05, 4.69) is 16.0 Å². The first-order valence-electron chi connectivity index (χ1n) is 8.46. The third-order valence-corrected chi connectivity index (χ3v) is 6.55. The Morgan fingerprint density at radius 3 is 2.78 bits per heavy atom. The van der Waals surface area contributed by atoms with Gasteiger partial charge in [0.2, 0.25) is 6.41 Å². The van der Waals surface area contributed by atoms with E-state index in [1.165, 1.54) is 5.56 Å². The van der Waals surface area contributed by atoms with E-state index < -0.39 is 0 Å². The zero-order valence-corrected chi connectivity index (χ0v) is 17.3. The van der Waals surface area contributed by atoms with Gasteiger partial charge in [-0.3, -0.25) is 4.79 Å². The Kier molecular flexibility index (Phi) is 8.15. The molecule has 1 amide bonds. The van der Waals surface area contributed by atoms with Crippen LogP contribution in [0, 0.1) is 13.8 Å². The van der Waals surface area contributed by atoms with Gasteiger partial charge in [-0.1, -0.05) is 33.7 Å². The first-order chi connectivity index (χ1) is 12.9. The molecule has 3 N–H and O–H groups in total. The number of aliphatic hydroxyl groups excluding tert-OH is 1. The fraction of sp³-hybridized carbons (Fsp3) is 0.316. The summed E-state index contributed by atoms with van der Waals surface area (Å²) in [5, 5.41) is 9.44. The van der Waals surface area contributed by atoms with Crippen molar-refractivity contribution in [1.29, 1.82) is 0 Å². The molecular formula is C19H24N4O2S2. The van der Waals surface area contributed by atoms with Crippen LogP contribution in [0.3, 0.4) is 0 Å². The average molecular weight is 405 g/mol. The van der Waals surface area contributed by atoms with Gasteiger partial charge in [0.1, 0.15) is 11.6 Å². The zero-order chi connectivity index (χ0) is 19.8. The molecule has 0 saturated carbocycles. The number of carbonyl (C=O) groups is 1. The Bertz CT molecular complexity index is 827. The molecule has 1 heterocycles. The van der Waals surface area contributed by atoms with Crippen LogP contribution in [0.2, 0.25) is 0 Å². The minimum Gasteiger partial charge on any atom is -0.396 e. The van der Waals surface area contributed by atoms with Gasteiger partial charge in [0.25, 0.3) is 0 Å². The molecule has 6 nitrogen and oxygen atoms in total. The number of aliphatic hydroxyl groups is 1. The van der Waals surface area contributed by atoms with Crippen LogP contribution in [0.1, 0.15) is 30.3 Å². The van der Waals surface area contributed by atoms with E-state index in [1.54, 1.807) is 39.6 Å². The first-order valence-corrected chi connectivity index (χ1v) is 10.6. The van der Waals surface area contributed by atoms with Gasteiger partial charge in [0.05, 0.1) is 6.54 Å². The van der Waals surface area contributed by atoms with E-state index in [0.717, 1.165) is 21.9 Å². The molecule has 0 saturated heterocycles. The van der Waals surface area contributed by atoms with E-state index in [-0.39, 0.29) is 13.2 Å². The summed E-state index contributed by atoms with van der Waals surface area (Å²) in [4.78, 5) is 23.6. The maximum absolute atomic E-state index is 11.7. The minimum absolute atomic E-state index is 0.0104. The van der Waals surface area contributed by atoms with Gasteiger partial charge in [-0.2, -0.15) is 0 Å². The van der Waals surface area contributed by atoms with Crippen LogP contribution in [0.4, 0.5) is 5.82 Å². The number of carbonyl (C=O) groups excluding carboxylic acids is 1. The molecule has 0 unspecified atom stereocenters. The van der Waals surface area contributed by atoms with Crippen LogP contribution in [0.5, 0.6) is 0 Å². The second-order valence-electron chi connectivity index (χ2n) is 6.03. The van der Waals surface area contributed by atoms with Crippen LogP contribution in [0.15, 0.2) is 46.0 Å². The minimum atomic E-state index is 0.0104. The molecule has 8 heteroatoms. The molecule has 27 heavy (non-hydrogen) atoms. The van der Waals surface area contributed by atoms with Crippen LogP contribution in [-0.2, 0) is 11.3 Å². The van der Waals surface area contributed by atoms with E-state index in [0.29, 0.717) is 23.6 Å². The SMILES string of the molecule is C/C(=C(\CCO)SSc1cccc(C)c1)N(C=O)Cc1cnc(C)nc1N. The molecule has 0 aliphatic carbocycles. The van der Waals surface area contributed by atoms with Gasteiger partial charge in [-0.05, 0) is 38.5 Å². The molecule has 0 atom stereocenters. The fourth-order valence-corrected chi connectivity index (χ4v) is 4.85. The second kappa shape index (κ2) is 10.3. The number of nitrogens with zero attached hydrogens (tertiary/aromatic N) is 3. The smallest absolute Gasteiger partial charge is 0.214 e. The van der Waals surface area contributed by atoms with Crippen molar-refractivity contribution in [2.75, 3.05) is 12.3 Å². The van der Waals surface area contributed by atoms with Crippen molar-refractivity contribution in [3.8, 4) is 0 Å². The number of benzene rings is 1. The second-order valence-corrected chi connectivity index (χ2v) is 8.32. The molecule has 2 rings (SSSR count). The number of allylic oxidation sites excluding steroid dienone is 1. The number of nitrogen functional groups attached to an aromatic ring is 1. The van der Waals surface area contributed by atoms with Gasteiger partial charge in [-0.25, -0.2) is 9.97 Å². The normalized spacial score (nSPS) is 11.9. The number of hydrogen-bond acceptors (Lipinski definition) is 7. The molecule has 144 valence electrons. The van der Waals surface area contributed by atoms with Crippen LogP contribution < -0.4 is 5.73 Å². The number of hydrogen-bond donors (Lipinski definition) is 2. The van der Waals surface area contributed by atoms with E-state index in [9.17, 15) is 9.90 Å². The van der Waals surface area contributed by atoms with Crippen LogP contribution in [-0.4, -0.2) is 33.0 Å². The topological polar surface area (TPSA) is 92.3 Å². The van der Waals surface area contributed by atoms with Crippen molar-refractivity contribution in [3.05, 3.63) is 58.0 Å². The van der Waals surface area contributed by atoms with Gasteiger partial charge in [0.15, 0.2) is 0 Å². The van der Waals surface area contributed by atoms with Crippen LogP contribution in [0.25, 0.3) is 0 Å². The Morgan fingerprint density at radius 1 is 1.37 bits per heavy atom. The van der Waals surface area contributed by atoms with E-state index >= 15 is 0 Å². The molecule has 0 aliphatic rings. The molecule has 1 aromatic heterocycles. The highest BCUT2D eigenvalue weighted by Crippen LogP contribution is 2.40. The van der Waals surface area contributed by atoms with Gasteiger partial charge in [0, 0.05) is 40.3 Å². The lowest BCUT2D eigenvalue weighted by molar-refractivity contribution is -0.116. The monoisotopic (exact) mass is 404 g/mol. The van der Waals surface area contributed by atoms with Crippen molar-refractivity contribution in [3.63, 3.8) is 0 Å². The highest BCUT2D eigenvalue weighted by molar-refractivity contribution is 8.78. The summed E-state index contributed by atoms with van der Waals surface area (Å²) in [7, 11) is 3.16. The highest BCUT2D eigenvalue weighted by Gasteiger charge is 2.14. The lowest BCUT2D eigenvalue weighted by Gasteiger charge is -2.22. The Morgan fingerprint density at radius 2 is 2.15 bits per heavy atom. The fourth-order valence-electron chi connectivity index (χ4n) is 2.36. The lowest BCUT2D eigenvalue weighted by Crippen LogP contribution is -2.21. The highest BCUT2D eigenvalue weighted by atomic mass is 33.1. The third-order valence-electron chi connectivity index (χ3n) is 3.89. The van der Waals surface area contributed by atoms with Crippen molar-refractivity contribution in [2.45, 2.75) is 38.6 Å². The molecule has 2 aromatic rings. The van der Waals surface area contributed by atoms with Crippen LogP contribution >= 0.6 is 21.6 Å². The van der Waals surface area contributed by atoms with Crippen molar-refractivity contribution in [2.24, 2.45) is 0 Å². The lowest BCUT2D eigenvalue weighted by atomic mass is 10.2. The maximum Gasteiger partial charge on any atom is 0.214 e. The third kappa shape index (κ3) is 6.27. The number of amides is 1. The standard InChI is InChI=1S/C19H24N4O2S2/c1-13-5-4-6-17(9-13)26-27-18(7-8-24)14(2)23(12-25)11-16-10-21-15(3)22-19(16)20/h4-6,9-10,12,24H,7-8,11H2,1-3H3,(H2,20,21,22)/b18-14-. The molecule has 0 fully saturated rings. The number of rotatable bonds is 9. The number of anilines is 1. The molecule has 0 aliphatic heterocycles. The van der Waals surface area contributed by atoms with Crippen molar-refractivity contribution < 1.29 is 9.90 Å². The summed E-state index contributed by atoms with van der Waals surface area (Å²) in [6, 6.07) is 8.20. The maximum atomic E-state index is 11.7. The number of nitrogens with two attached hydrogens (primary N) is 1. The van der Waals surface area contributed by atoms with E-state index in [4.69, 9.17) is 5.73 Å². The predicted molar refractivity (Wildman–Crippen MR) is 112 cm³/mol. The molecule has 1 aromatic carbocycles. The quantitative estimate of drug-likeness (QED) is 0.486. The van der Waals surface area contributed by atoms with Gasteiger partial charge in [-0.15, -0.1) is 0 Å². The molecule has 0 spiro atoms. The Labute approximate surface area is 167 Å². The number of aromatic nitrogens is 2.